The third kappa shape index (κ3) is 2.66. The highest BCUT2D eigenvalue weighted by atomic mass is 32.1. The van der Waals surface area contributed by atoms with Crippen LogP contribution in [0, 0.1) is 0 Å². The number of fused-ring (bicyclic) bond motifs is 6. The lowest BCUT2D eigenvalue weighted by atomic mass is 9.84. The molecule has 0 aliphatic carbocycles. The first-order chi connectivity index (χ1) is 18.0. The first kappa shape index (κ1) is 21.8. The molecule has 1 atom stereocenters. The minimum absolute atomic E-state index is 0.0206. The van der Waals surface area contributed by atoms with Gasteiger partial charge in [-0.05, 0) is 43.3 Å². The van der Waals surface area contributed by atoms with Gasteiger partial charge >= 0.3 is 0 Å². The maximum atomic E-state index is 14.2. The summed E-state index contributed by atoms with van der Waals surface area (Å²) in [7, 11) is 1.64. The van der Waals surface area contributed by atoms with Crippen molar-refractivity contribution in [3.8, 4) is 5.75 Å². The van der Waals surface area contributed by atoms with Gasteiger partial charge in [-0.2, -0.15) is 0 Å². The van der Waals surface area contributed by atoms with Crippen LogP contribution in [0.25, 0.3) is 21.2 Å². The van der Waals surface area contributed by atoms with E-state index >= 15 is 0 Å². The summed E-state index contributed by atoms with van der Waals surface area (Å²) in [5.41, 5.74) is -0.0396. The van der Waals surface area contributed by atoms with Crippen molar-refractivity contribution < 1.29 is 18.7 Å². The Bertz CT molecular complexity index is 1860. The molecule has 0 N–H and O–H groups in total. The second-order valence-electron chi connectivity index (χ2n) is 8.92. The number of rotatable bonds is 3. The molecule has 2 amide bonds. The molecule has 0 saturated carbocycles. The SMILES string of the molecule is CCOc1ccc2nc(N3C(=O)c4oc5ccccc5c(=O)c4C34C(=O)N(C)c3ccccc34)sc2c1. The third-order valence-electron chi connectivity index (χ3n) is 7.01. The molecule has 182 valence electrons. The van der Waals surface area contributed by atoms with Gasteiger partial charge in [0.2, 0.25) is 5.76 Å². The summed E-state index contributed by atoms with van der Waals surface area (Å²) in [5, 5.41) is 0.600. The van der Waals surface area contributed by atoms with Gasteiger partial charge in [-0.25, -0.2) is 4.98 Å². The predicted octanol–water partition coefficient (Wildman–Crippen LogP) is 4.68. The third-order valence-corrected chi connectivity index (χ3v) is 8.02. The maximum absolute atomic E-state index is 14.2. The molecule has 7 rings (SSSR count). The highest BCUT2D eigenvalue weighted by molar-refractivity contribution is 7.22. The zero-order valence-electron chi connectivity index (χ0n) is 19.8. The van der Waals surface area contributed by atoms with Crippen LogP contribution in [0.4, 0.5) is 10.8 Å². The van der Waals surface area contributed by atoms with E-state index in [0.717, 1.165) is 4.70 Å². The highest BCUT2D eigenvalue weighted by Crippen LogP contribution is 2.54. The number of thiazole rings is 1. The smallest absolute Gasteiger partial charge is 0.297 e. The summed E-state index contributed by atoms with van der Waals surface area (Å²) >= 11 is 1.26. The van der Waals surface area contributed by atoms with E-state index in [-0.39, 0.29) is 16.9 Å². The monoisotopic (exact) mass is 509 g/mol. The van der Waals surface area contributed by atoms with Crippen LogP contribution in [0.2, 0.25) is 0 Å². The minimum Gasteiger partial charge on any atom is -0.494 e. The van der Waals surface area contributed by atoms with E-state index in [9.17, 15) is 14.4 Å². The molecule has 2 aromatic heterocycles. The van der Waals surface area contributed by atoms with E-state index in [1.165, 1.54) is 21.1 Å². The molecule has 5 aromatic rings. The number of carbonyl (C=O) groups excluding carboxylic acids is 2. The summed E-state index contributed by atoms with van der Waals surface area (Å²) in [6.45, 7) is 2.42. The molecule has 9 heteroatoms. The fraction of sp³-hybridized carbons (Fsp3) is 0.143. The van der Waals surface area contributed by atoms with E-state index in [1.54, 1.807) is 49.5 Å². The fourth-order valence-electron chi connectivity index (χ4n) is 5.46. The second kappa shape index (κ2) is 7.50. The zero-order chi connectivity index (χ0) is 25.5. The number of ether oxygens (including phenoxy) is 1. The Labute approximate surface area is 214 Å². The molecule has 0 bridgehead atoms. The average Bonchev–Trinajstić information content (AvgIpc) is 3.51. The van der Waals surface area contributed by atoms with Crippen molar-refractivity contribution in [2.45, 2.75) is 12.5 Å². The normalized spacial score (nSPS) is 18.3. The number of hydrogen-bond donors (Lipinski definition) is 0. The van der Waals surface area contributed by atoms with Gasteiger partial charge in [0.15, 0.2) is 16.1 Å². The number of nitrogens with zero attached hydrogens (tertiary/aromatic N) is 3. The Morgan fingerprint density at radius 2 is 1.81 bits per heavy atom. The van der Waals surface area contributed by atoms with Crippen molar-refractivity contribution in [3.63, 3.8) is 0 Å². The highest BCUT2D eigenvalue weighted by Gasteiger charge is 2.65. The lowest BCUT2D eigenvalue weighted by Crippen LogP contribution is -2.53. The number of amides is 2. The summed E-state index contributed by atoms with van der Waals surface area (Å²) in [6, 6.07) is 19.4. The number of likely N-dealkylation sites (N-methyl/N-ethyl adjacent to an activating group) is 1. The summed E-state index contributed by atoms with van der Waals surface area (Å²) in [4.78, 5) is 49.9. The molecule has 8 nitrogen and oxygen atoms in total. The molecule has 1 unspecified atom stereocenters. The van der Waals surface area contributed by atoms with Crippen molar-refractivity contribution in [3.05, 3.63) is 93.8 Å². The molecule has 2 aliphatic heterocycles. The quantitative estimate of drug-likeness (QED) is 0.351. The van der Waals surface area contributed by atoms with Gasteiger partial charge < -0.3 is 14.1 Å². The Balaban J connectivity index is 1.58. The van der Waals surface area contributed by atoms with Crippen LogP contribution in [0.15, 0.2) is 75.9 Å². The van der Waals surface area contributed by atoms with Crippen LogP contribution in [-0.4, -0.2) is 30.5 Å². The lowest BCUT2D eigenvalue weighted by Gasteiger charge is -2.31. The molecule has 0 radical (unpaired) electrons. The molecule has 1 spiro atoms. The molecule has 4 heterocycles. The second-order valence-corrected chi connectivity index (χ2v) is 9.93. The van der Waals surface area contributed by atoms with Crippen molar-refractivity contribution >= 4 is 55.2 Å². The molecule has 2 aliphatic rings. The van der Waals surface area contributed by atoms with Crippen LogP contribution in [0.1, 0.15) is 28.6 Å². The van der Waals surface area contributed by atoms with Gasteiger partial charge in [-0.1, -0.05) is 41.7 Å². The number of anilines is 2. The Hall–Kier alpha value is -4.50. The van der Waals surface area contributed by atoms with Gasteiger partial charge in [0, 0.05) is 18.3 Å². The number of benzene rings is 3. The maximum Gasteiger partial charge on any atom is 0.297 e. The fourth-order valence-corrected chi connectivity index (χ4v) is 6.50. The summed E-state index contributed by atoms with van der Waals surface area (Å²) < 4.78 is 12.5. The molecule has 37 heavy (non-hydrogen) atoms. The van der Waals surface area contributed by atoms with Crippen LogP contribution >= 0.6 is 11.3 Å². The van der Waals surface area contributed by atoms with Gasteiger partial charge in [-0.3, -0.25) is 19.3 Å². The van der Waals surface area contributed by atoms with E-state index in [0.29, 0.717) is 39.6 Å². The molecular formula is C28H19N3O5S. The van der Waals surface area contributed by atoms with Crippen LogP contribution in [-0.2, 0) is 10.3 Å². The summed E-state index contributed by atoms with van der Waals surface area (Å²) in [5.74, 6) is -0.462. The number of hydrogen-bond acceptors (Lipinski definition) is 7. The van der Waals surface area contributed by atoms with Gasteiger partial charge in [-0.15, -0.1) is 0 Å². The lowest BCUT2D eigenvalue weighted by molar-refractivity contribution is -0.121. The Morgan fingerprint density at radius 1 is 1.03 bits per heavy atom. The standard InChI is InChI=1S/C28H19N3O5S/c1-3-35-15-12-13-18-21(14-15)37-27(29-18)31-25(33)24-22(23(32)16-8-4-7-11-20(16)36-24)28(31)17-9-5-6-10-19(17)30(2)26(28)34/h4-14H,3H2,1-2H3. The molecule has 0 fully saturated rings. The molecular weight excluding hydrogens is 490 g/mol. The van der Waals surface area contributed by atoms with E-state index in [1.807, 2.05) is 31.2 Å². The van der Waals surface area contributed by atoms with Crippen LogP contribution < -0.4 is 20.0 Å². The van der Waals surface area contributed by atoms with Crippen molar-refractivity contribution in [1.29, 1.82) is 0 Å². The Morgan fingerprint density at radius 3 is 2.65 bits per heavy atom. The topological polar surface area (TPSA) is 93.0 Å². The van der Waals surface area contributed by atoms with E-state index in [2.05, 4.69) is 0 Å². The van der Waals surface area contributed by atoms with Crippen LogP contribution in [0.5, 0.6) is 5.75 Å². The Kier molecular flexibility index (Phi) is 4.41. The first-order valence-corrected chi connectivity index (χ1v) is 12.6. The number of para-hydroxylation sites is 2. The van der Waals surface area contributed by atoms with Gasteiger partial charge in [0.05, 0.1) is 27.8 Å². The first-order valence-electron chi connectivity index (χ1n) is 11.8. The van der Waals surface area contributed by atoms with Crippen molar-refractivity contribution in [2.75, 3.05) is 23.5 Å². The van der Waals surface area contributed by atoms with Crippen molar-refractivity contribution in [2.24, 2.45) is 0 Å². The molecule has 3 aromatic carbocycles. The summed E-state index contributed by atoms with van der Waals surface area (Å²) in [6.07, 6.45) is 0. The average molecular weight is 510 g/mol. The van der Waals surface area contributed by atoms with Gasteiger partial charge in [0.25, 0.3) is 11.8 Å². The number of carbonyl (C=O) groups is 2. The minimum atomic E-state index is -1.74. The van der Waals surface area contributed by atoms with E-state index < -0.39 is 22.8 Å². The predicted molar refractivity (Wildman–Crippen MR) is 141 cm³/mol. The zero-order valence-corrected chi connectivity index (χ0v) is 20.7. The van der Waals surface area contributed by atoms with Crippen LogP contribution in [0.3, 0.4) is 0 Å². The number of aromatic nitrogens is 1. The van der Waals surface area contributed by atoms with Gasteiger partial charge in [0.1, 0.15) is 11.3 Å². The van der Waals surface area contributed by atoms with E-state index in [4.69, 9.17) is 14.1 Å². The molecule has 0 saturated heterocycles. The van der Waals surface area contributed by atoms with Crippen molar-refractivity contribution in [1.82, 2.24) is 4.98 Å². The largest absolute Gasteiger partial charge is 0.494 e.